The lowest BCUT2D eigenvalue weighted by atomic mass is 10.2. The van der Waals surface area contributed by atoms with Crippen LogP contribution in [0.2, 0.25) is 10.0 Å². The Balaban J connectivity index is 1.73. The van der Waals surface area contributed by atoms with Gasteiger partial charge >= 0.3 is 0 Å². The second-order valence-electron chi connectivity index (χ2n) is 5.83. The zero-order valence-electron chi connectivity index (χ0n) is 14.6. The number of thioether (sulfide) groups is 1. The number of benzene rings is 2. The first-order valence-corrected chi connectivity index (χ1v) is 10.0. The molecule has 1 N–H and O–H groups in total. The van der Waals surface area contributed by atoms with Crippen molar-refractivity contribution < 1.29 is 9.53 Å². The van der Waals surface area contributed by atoms with Crippen LogP contribution in [0.4, 0.5) is 0 Å². The summed E-state index contributed by atoms with van der Waals surface area (Å²) >= 11 is 13.6. The number of amides is 1. The maximum absolute atomic E-state index is 12.2. The van der Waals surface area contributed by atoms with Gasteiger partial charge in [-0.3, -0.25) is 4.79 Å². The van der Waals surface area contributed by atoms with Crippen molar-refractivity contribution >= 4 is 40.9 Å². The van der Waals surface area contributed by atoms with E-state index in [2.05, 4.69) is 11.9 Å². The maximum Gasteiger partial charge on any atom is 0.251 e. The molecule has 0 spiro atoms. The zero-order valence-corrected chi connectivity index (χ0v) is 16.9. The Kier molecular flexibility index (Phi) is 8.36. The Morgan fingerprint density at radius 3 is 2.73 bits per heavy atom. The van der Waals surface area contributed by atoms with Crippen LogP contribution in [0.3, 0.4) is 0 Å². The molecule has 0 aromatic heterocycles. The summed E-state index contributed by atoms with van der Waals surface area (Å²) < 4.78 is 5.56. The molecule has 2 rings (SSSR count). The number of hydrogen-bond acceptors (Lipinski definition) is 3. The molecule has 0 aliphatic carbocycles. The smallest absolute Gasteiger partial charge is 0.251 e. The Labute approximate surface area is 168 Å². The molecule has 0 aliphatic rings. The Morgan fingerprint density at radius 1 is 1.19 bits per heavy atom. The first-order chi connectivity index (χ1) is 12.5. The first kappa shape index (κ1) is 20.7. The van der Waals surface area contributed by atoms with Gasteiger partial charge in [0, 0.05) is 23.6 Å². The van der Waals surface area contributed by atoms with Gasteiger partial charge in [0.25, 0.3) is 5.91 Å². The highest BCUT2D eigenvalue weighted by Crippen LogP contribution is 2.24. The summed E-state index contributed by atoms with van der Waals surface area (Å²) in [4.78, 5) is 12.2. The number of rotatable bonds is 9. The van der Waals surface area contributed by atoms with E-state index in [0.29, 0.717) is 34.5 Å². The highest BCUT2D eigenvalue weighted by Gasteiger charge is 2.06. The van der Waals surface area contributed by atoms with Crippen molar-refractivity contribution in [2.45, 2.75) is 12.7 Å². The fourth-order valence-electron chi connectivity index (χ4n) is 2.09. The molecule has 0 atom stereocenters. The molecule has 3 nitrogen and oxygen atoms in total. The summed E-state index contributed by atoms with van der Waals surface area (Å²) in [6.45, 7) is 6.72. The van der Waals surface area contributed by atoms with Crippen molar-refractivity contribution in [1.29, 1.82) is 0 Å². The largest absolute Gasteiger partial charge is 0.489 e. The van der Waals surface area contributed by atoms with Crippen LogP contribution in [0.25, 0.3) is 0 Å². The summed E-state index contributed by atoms with van der Waals surface area (Å²) in [5, 5.41) is 4.04. The van der Waals surface area contributed by atoms with Gasteiger partial charge in [0.1, 0.15) is 12.4 Å². The van der Waals surface area contributed by atoms with Crippen molar-refractivity contribution in [1.82, 2.24) is 5.32 Å². The topological polar surface area (TPSA) is 38.3 Å². The number of ether oxygens (including phenoxy) is 1. The van der Waals surface area contributed by atoms with E-state index in [9.17, 15) is 4.79 Å². The number of nitrogens with one attached hydrogen (secondary N) is 1. The van der Waals surface area contributed by atoms with Gasteiger partial charge in [-0.15, -0.1) is 0 Å². The summed E-state index contributed by atoms with van der Waals surface area (Å²) in [6.07, 6.45) is 0. The quantitative estimate of drug-likeness (QED) is 0.431. The SMILES string of the molecule is C=C(C)COc1cccc(C(=O)NCCSCc2ccc(Cl)c(Cl)c2)c1. The molecule has 0 aliphatic heterocycles. The highest BCUT2D eigenvalue weighted by atomic mass is 35.5. The van der Waals surface area contributed by atoms with Crippen LogP contribution >= 0.6 is 35.0 Å². The molecule has 0 saturated carbocycles. The van der Waals surface area contributed by atoms with Crippen molar-refractivity contribution in [2.75, 3.05) is 18.9 Å². The fraction of sp³-hybridized carbons (Fsp3) is 0.250. The molecule has 2 aromatic rings. The number of carbonyl (C=O) groups is 1. The minimum Gasteiger partial charge on any atom is -0.489 e. The van der Waals surface area contributed by atoms with E-state index in [1.807, 2.05) is 31.2 Å². The van der Waals surface area contributed by atoms with Gasteiger partial charge in [-0.2, -0.15) is 11.8 Å². The summed E-state index contributed by atoms with van der Waals surface area (Å²) in [5.74, 6) is 2.17. The van der Waals surface area contributed by atoms with Gasteiger partial charge in [0.05, 0.1) is 10.0 Å². The molecule has 0 fully saturated rings. The Hall–Kier alpha value is -1.62. The predicted molar refractivity (Wildman–Crippen MR) is 112 cm³/mol. The Bertz CT molecular complexity index is 780. The summed E-state index contributed by atoms with van der Waals surface area (Å²) in [5.41, 5.74) is 2.62. The van der Waals surface area contributed by atoms with Crippen molar-refractivity contribution in [3.63, 3.8) is 0 Å². The summed E-state index contributed by atoms with van der Waals surface area (Å²) in [6, 6.07) is 12.8. The van der Waals surface area contributed by atoms with Gasteiger partial charge in [-0.05, 0) is 48.4 Å². The van der Waals surface area contributed by atoms with Crippen LogP contribution in [0.1, 0.15) is 22.8 Å². The normalized spacial score (nSPS) is 10.4. The molecule has 1 amide bonds. The number of hydrogen-bond donors (Lipinski definition) is 1. The number of halogens is 2. The maximum atomic E-state index is 12.2. The van der Waals surface area contributed by atoms with Crippen molar-refractivity contribution in [3.8, 4) is 5.75 Å². The van der Waals surface area contributed by atoms with E-state index in [-0.39, 0.29) is 5.91 Å². The average Bonchev–Trinajstić information content (AvgIpc) is 2.62. The van der Waals surface area contributed by atoms with Gasteiger partial charge in [-0.25, -0.2) is 0 Å². The zero-order chi connectivity index (χ0) is 18.9. The lowest BCUT2D eigenvalue weighted by Gasteiger charge is -2.09. The van der Waals surface area contributed by atoms with Crippen LogP contribution in [-0.4, -0.2) is 24.8 Å². The minimum atomic E-state index is -0.110. The van der Waals surface area contributed by atoms with E-state index in [4.69, 9.17) is 27.9 Å². The van der Waals surface area contributed by atoms with Gasteiger partial charge in [-0.1, -0.05) is 41.9 Å². The molecule has 0 radical (unpaired) electrons. The molecule has 0 unspecified atom stereocenters. The van der Waals surface area contributed by atoms with Crippen LogP contribution in [-0.2, 0) is 5.75 Å². The monoisotopic (exact) mass is 409 g/mol. The molecule has 0 heterocycles. The van der Waals surface area contributed by atoms with Gasteiger partial charge in [0.15, 0.2) is 0 Å². The van der Waals surface area contributed by atoms with E-state index >= 15 is 0 Å². The molecule has 0 saturated heterocycles. The van der Waals surface area contributed by atoms with E-state index in [1.54, 1.807) is 30.0 Å². The second-order valence-corrected chi connectivity index (χ2v) is 7.75. The van der Waals surface area contributed by atoms with Crippen LogP contribution in [0, 0.1) is 0 Å². The third-order valence-electron chi connectivity index (χ3n) is 3.37. The van der Waals surface area contributed by atoms with E-state index in [1.165, 1.54) is 0 Å². The molecule has 2 aromatic carbocycles. The van der Waals surface area contributed by atoms with Gasteiger partial charge < -0.3 is 10.1 Å². The van der Waals surface area contributed by atoms with Gasteiger partial charge in [0.2, 0.25) is 0 Å². The van der Waals surface area contributed by atoms with Crippen molar-refractivity contribution in [2.24, 2.45) is 0 Å². The molecule has 26 heavy (non-hydrogen) atoms. The predicted octanol–water partition coefficient (Wildman–Crippen LogP) is 5.61. The molecule has 138 valence electrons. The van der Waals surface area contributed by atoms with Crippen LogP contribution in [0.15, 0.2) is 54.6 Å². The third kappa shape index (κ3) is 6.94. The van der Waals surface area contributed by atoms with E-state index < -0.39 is 0 Å². The molecular weight excluding hydrogens is 389 g/mol. The standard InChI is InChI=1S/C20H21Cl2NO2S/c1-14(2)12-25-17-5-3-4-16(11-17)20(24)23-8-9-26-13-15-6-7-18(21)19(22)10-15/h3-7,10-11H,1,8-9,12-13H2,2H3,(H,23,24). The molecular formula is C20H21Cl2NO2S. The molecule has 0 bridgehead atoms. The van der Waals surface area contributed by atoms with Crippen molar-refractivity contribution in [3.05, 3.63) is 75.8 Å². The average molecular weight is 410 g/mol. The lowest BCUT2D eigenvalue weighted by Crippen LogP contribution is -2.25. The van der Waals surface area contributed by atoms with Crippen LogP contribution in [0.5, 0.6) is 5.75 Å². The third-order valence-corrected chi connectivity index (χ3v) is 5.14. The summed E-state index contributed by atoms with van der Waals surface area (Å²) in [7, 11) is 0. The minimum absolute atomic E-state index is 0.110. The number of carbonyl (C=O) groups excluding carboxylic acids is 1. The Morgan fingerprint density at radius 2 is 2.00 bits per heavy atom. The lowest BCUT2D eigenvalue weighted by molar-refractivity contribution is 0.0956. The highest BCUT2D eigenvalue weighted by molar-refractivity contribution is 7.98. The second kappa shape index (κ2) is 10.5. The molecule has 6 heteroatoms. The fourth-order valence-corrected chi connectivity index (χ4v) is 3.22. The van der Waals surface area contributed by atoms with E-state index in [0.717, 1.165) is 22.6 Å². The first-order valence-electron chi connectivity index (χ1n) is 8.13. The van der Waals surface area contributed by atoms with Crippen LogP contribution < -0.4 is 10.1 Å².